The minimum absolute atomic E-state index is 0.00368. The van der Waals surface area contributed by atoms with Crippen molar-refractivity contribution in [2.24, 2.45) is 0 Å². The number of carbonyl (C=O) groups excluding carboxylic acids is 1. The summed E-state index contributed by atoms with van der Waals surface area (Å²) in [5, 5.41) is 29.3. The highest BCUT2D eigenvalue weighted by Gasteiger charge is 2.16. The van der Waals surface area contributed by atoms with Gasteiger partial charge in [0.2, 0.25) is 0 Å². The van der Waals surface area contributed by atoms with Crippen LogP contribution < -0.4 is 0 Å². The number of allylic oxidation sites excluding steroid dienone is 1. The Morgan fingerprint density at radius 2 is 1.21 bits per heavy atom. The molecule has 24 heavy (non-hydrogen) atoms. The molecule has 2 rings (SSSR count). The van der Waals surface area contributed by atoms with Gasteiger partial charge in [0.15, 0.2) is 6.29 Å². The van der Waals surface area contributed by atoms with Gasteiger partial charge in [0.1, 0.15) is 23.1 Å². The maximum atomic E-state index is 11.4. The van der Waals surface area contributed by atoms with Crippen LogP contribution in [0.2, 0.25) is 0 Å². The molecule has 0 spiro atoms. The molecule has 2 aromatic carbocycles. The zero-order valence-corrected chi connectivity index (χ0v) is 14.1. The summed E-state index contributed by atoms with van der Waals surface area (Å²) in [6, 6.07) is 8.93. The zero-order valence-electron chi connectivity index (χ0n) is 14.1. The van der Waals surface area contributed by atoms with Gasteiger partial charge in [0, 0.05) is 5.57 Å². The Balaban J connectivity index is 2.85. The number of benzene rings is 2. The van der Waals surface area contributed by atoms with E-state index in [2.05, 4.69) is 0 Å². The number of nitrogens with zero attached hydrogens (tertiary/aromatic N) is 1. The van der Waals surface area contributed by atoms with Crippen molar-refractivity contribution in [3.8, 4) is 17.6 Å². The van der Waals surface area contributed by atoms with Gasteiger partial charge in [0.25, 0.3) is 0 Å². The van der Waals surface area contributed by atoms with Crippen LogP contribution in [-0.4, -0.2) is 16.5 Å². The number of rotatable bonds is 3. The van der Waals surface area contributed by atoms with E-state index in [1.807, 2.05) is 6.07 Å². The molecule has 0 atom stereocenters. The number of phenols is 2. The quantitative estimate of drug-likeness (QED) is 0.511. The molecule has 2 N–H and O–H groups in total. The maximum absolute atomic E-state index is 11.4. The van der Waals surface area contributed by atoms with Gasteiger partial charge < -0.3 is 10.2 Å². The maximum Gasteiger partial charge on any atom is 0.161 e. The van der Waals surface area contributed by atoms with Gasteiger partial charge in [-0.05, 0) is 85.3 Å². The number of hydrogen-bond acceptors (Lipinski definition) is 4. The minimum Gasteiger partial charge on any atom is -0.507 e. The van der Waals surface area contributed by atoms with Crippen molar-refractivity contribution in [1.29, 1.82) is 5.26 Å². The van der Waals surface area contributed by atoms with E-state index in [4.69, 9.17) is 0 Å². The van der Waals surface area contributed by atoms with Gasteiger partial charge in [-0.1, -0.05) is 0 Å². The molecule has 0 unspecified atom stereocenters. The lowest BCUT2D eigenvalue weighted by Crippen LogP contribution is -1.98. The first-order chi connectivity index (χ1) is 11.3. The van der Waals surface area contributed by atoms with E-state index >= 15 is 0 Å². The molecule has 0 saturated heterocycles. The average Bonchev–Trinajstić information content (AvgIpc) is 2.54. The molecular formula is C20H19NO3. The second-order valence-corrected chi connectivity index (χ2v) is 5.94. The van der Waals surface area contributed by atoms with Gasteiger partial charge in [-0.25, -0.2) is 0 Å². The van der Waals surface area contributed by atoms with Gasteiger partial charge in [-0.3, -0.25) is 4.79 Å². The number of hydrogen-bond donors (Lipinski definition) is 2. The fraction of sp³-hybridized carbons (Fsp3) is 0.200. The monoisotopic (exact) mass is 321 g/mol. The van der Waals surface area contributed by atoms with E-state index in [0.717, 1.165) is 0 Å². The van der Waals surface area contributed by atoms with Crippen LogP contribution in [0.25, 0.3) is 5.57 Å². The standard InChI is InChI=1S/C20H19NO3/c1-11-5-15(6-12(2)19(11)23)18(17(9-21)10-22)16-7-13(3)20(24)14(4)8-16/h5-8,10,23-24H,1-4H3. The second kappa shape index (κ2) is 6.59. The SMILES string of the molecule is Cc1cc(C(=C(C#N)C=O)c2cc(C)c(O)c(C)c2)cc(C)c1O. The van der Waals surface area contributed by atoms with Crippen molar-refractivity contribution in [3.05, 3.63) is 63.2 Å². The number of phenolic OH excluding ortho intramolecular Hbond substituents is 2. The van der Waals surface area contributed by atoms with E-state index in [-0.39, 0.29) is 17.1 Å². The van der Waals surface area contributed by atoms with Gasteiger partial charge in [-0.2, -0.15) is 5.26 Å². The third-order valence-corrected chi connectivity index (χ3v) is 4.07. The predicted molar refractivity (Wildman–Crippen MR) is 92.9 cm³/mol. The highest BCUT2D eigenvalue weighted by atomic mass is 16.3. The molecule has 0 aliphatic heterocycles. The number of nitriles is 1. The lowest BCUT2D eigenvalue weighted by molar-refractivity contribution is -0.104. The van der Waals surface area contributed by atoms with Crippen LogP contribution >= 0.6 is 0 Å². The Morgan fingerprint density at radius 1 is 0.875 bits per heavy atom. The third kappa shape index (κ3) is 3.02. The number of aromatic hydroxyl groups is 2. The molecule has 0 radical (unpaired) electrons. The van der Waals surface area contributed by atoms with Crippen LogP contribution in [0, 0.1) is 39.0 Å². The van der Waals surface area contributed by atoms with Gasteiger partial charge in [0.05, 0.1) is 0 Å². The molecule has 0 aliphatic rings. The minimum atomic E-state index is 0.00368. The number of aldehydes is 1. The molecular weight excluding hydrogens is 302 g/mol. The molecule has 4 nitrogen and oxygen atoms in total. The van der Waals surface area contributed by atoms with Crippen molar-refractivity contribution >= 4 is 11.9 Å². The first-order valence-electron chi connectivity index (χ1n) is 7.50. The normalized spacial score (nSPS) is 10.1. The van der Waals surface area contributed by atoms with Crippen LogP contribution in [-0.2, 0) is 4.79 Å². The first-order valence-corrected chi connectivity index (χ1v) is 7.50. The first kappa shape index (κ1) is 17.3. The molecule has 0 heterocycles. The molecule has 0 fully saturated rings. The van der Waals surface area contributed by atoms with E-state index in [1.165, 1.54) is 0 Å². The largest absolute Gasteiger partial charge is 0.507 e. The molecule has 0 saturated carbocycles. The Labute approximate surface area is 141 Å². The lowest BCUT2D eigenvalue weighted by Gasteiger charge is -2.15. The summed E-state index contributed by atoms with van der Waals surface area (Å²) in [6.07, 6.45) is 0.532. The summed E-state index contributed by atoms with van der Waals surface area (Å²) in [6.45, 7) is 7.07. The van der Waals surface area contributed by atoms with E-state index < -0.39 is 0 Å². The van der Waals surface area contributed by atoms with Crippen molar-refractivity contribution < 1.29 is 15.0 Å². The second-order valence-electron chi connectivity index (χ2n) is 5.94. The molecule has 0 aliphatic carbocycles. The van der Waals surface area contributed by atoms with E-state index in [1.54, 1.807) is 52.0 Å². The smallest absolute Gasteiger partial charge is 0.161 e. The van der Waals surface area contributed by atoms with Crippen molar-refractivity contribution in [1.82, 2.24) is 0 Å². The van der Waals surface area contributed by atoms with Crippen molar-refractivity contribution in [2.45, 2.75) is 27.7 Å². The Bertz CT molecular complexity index is 796. The van der Waals surface area contributed by atoms with Crippen LogP contribution in [0.1, 0.15) is 33.4 Å². The summed E-state index contributed by atoms with van der Waals surface area (Å²) < 4.78 is 0. The van der Waals surface area contributed by atoms with Crippen LogP contribution in [0.3, 0.4) is 0 Å². The Morgan fingerprint density at radius 3 is 1.46 bits per heavy atom. The van der Waals surface area contributed by atoms with Crippen molar-refractivity contribution in [3.63, 3.8) is 0 Å². The van der Waals surface area contributed by atoms with Crippen LogP contribution in [0.5, 0.6) is 11.5 Å². The summed E-state index contributed by atoms with van der Waals surface area (Å²) in [7, 11) is 0. The van der Waals surface area contributed by atoms with Crippen molar-refractivity contribution in [2.75, 3.05) is 0 Å². The highest BCUT2D eigenvalue weighted by Crippen LogP contribution is 2.34. The summed E-state index contributed by atoms with van der Waals surface area (Å²) in [4.78, 5) is 11.4. The molecule has 0 bridgehead atoms. The fourth-order valence-electron chi connectivity index (χ4n) is 2.82. The summed E-state index contributed by atoms with van der Waals surface area (Å²) in [5.74, 6) is 0.390. The highest BCUT2D eigenvalue weighted by molar-refractivity contribution is 5.98. The topological polar surface area (TPSA) is 81.3 Å². The Hall–Kier alpha value is -3.06. The number of carbonyl (C=O) groups is 1. The molecule has 122 valence electrons. The number of aryl methyl sites for hydroxylation is 4. The van der Waals surface area contributed by atoms with Crippen LogP contribution in [0.15, 0.2) is 29.8 Å². The van der Waals surface area contributed by atoms with Gasteiger partial charge >= 0.3 is 0 Å². The molecule has 0 amide bonds. The lowest BCUT2D eigenvalue weighted by atomic mass is 9.89. The predicted octanol–water partition coefficient (Wildman–Crippen LogP) is 3.86. The molecule has 2 aromatic rings. The van der Waals surface area contributed by atoms with Crippen LogP contribution in [0.4, 0.5) is 0 Å². The summed E-state index contributed by atoms with van der Waals surface area (Å²) in [5.41, 5.74) is 4.51. The Kier molecular flexibility index (Phi) is 4.75. The third-order valence-electron chi connectivity index (χ3n) is 4.07. The average molecular weight is 321 g/mol. The molecule has 4 heteroatoms. The van der Waals surface area contributed by atoms with E-state index in [9.17, 15) is 20.3 Å². The molecule has 0 aromatic heterocycles. The fourth-order valence-corrected chi connectivity index (χ4v) is 2.82. The summed E-state index contributed by atoms with van der Waals surface area (Å²) >= 11 is 0. The van der Waals surface area contributed by atoms with E-state index in [0.29, 0.717) is 45.2 Å². The van der Waals surface area contributed by atoms with Gasteiger partial charge in [-0.15, -0.1) is 0 Å². The zero-order chi connectivity index (χ0) is 18.0.